The lowest BCUT2D eigenvalue weighted by atomic mass is 9.79. The zero-order valence-corrected chi connectivity index (χ0v) is 31.6. The van der Waals surface area contributed by atoms with E-state index in [1.807, 2.05) is 0 Å². The Bertz CT molecular complexity index is 1080. The Morgan fingerprint density at radius 3 is 1.89 bits per heavy atom. The molecule has 3 N–H and O–H groups in total. The lowest BCUT2D eigenvalue weighted by molar-refractivity contribution is 0.122. The van der Waals surface area contributed by atoms with Gasteiger partial charge < -0.3 is 30.5 Å². The standard InChI is InChI=1S/C37H70N8O/c1-12-37(11,13-2)30-39-31(44-20-22-46-23-21-44)41-32(40-30)45(29-26-35(7,8)43-36(9,10)27-29)19-17-15-14-16-18-38-28-24-33(3,4)42-34(5,6)25-28/h28-29,38,42-43H,12-27H2,1-11H3. The Balaban J connectivity index is 1.49. The number of aromatic nitrogens is 3. The fourth-order valence-corrected chi connectivity index (χ4v) is 8.69. The van der Waals surface area contributed by atoms with Crippen LogP contribution in [0.25, 0.3) is 0 Å². The third-order valence-corrected chi connectivity index (χ3v) is 10.8. The van der Waals surface area contributed by atoms with Gasteiger partial charge in [0.2, 0.25) is 11.9 Å². The predicted octanol–water partition coefficient (Wildman–Crippen LogP) is 6.36. The van der Waals surface area contributed by atoms with Crippen LogP contribution in [0.2, 0.25) is 0 Å². The average Bonchev–Trinajstić information content (AvgIpc) is 2.95. The number of anilines is 2. The van der Waals surface area contributed by atoms with Crippen LogP contribution >= 0.6 is 0 Å². The second kappa shape index (κ2) is 14.9. The van der Waals surface area contributed by atoms with Crippen LogP contribution in [0.4, 0.5) is 11.9 Å². The van der Waals surface area contributed by atoms with Crippen molar-refractivity contribution in [2.45, 2.75) is 180 Å². The normalized spacial score (nSPS) is 23.4. The highest BCUT2D eigenvalue weighted by Crippen LogP contribution is 2.36. The van der Waals surface area contributed by atoms with Gasteiger partial charge in [-0.05, 0) is 113 Å². The number of unbranched alkanes of at least 4 members (excludes halogenated alkanes) is 3. The van der Waals surface area contributed by atoms with Crippen LogP contribution in [0.1, 0.15) is 146 Å². The molecule has 9 heteroatoms. The van der Waals surface area contributed by atoms with Gasteiger partial charge in [0.25, 0.3) is 0 Å². The fraction of sp³-hybridized carbons (Fsp3) is 0.919. The summed E-state index contributed by atoms with van der Waals surface area (Å²) >= 11 is 0. The molecule has 1 aromatic heterocycles. The first-order chi connectivity index (χ1) is 21.5. The summed E-state index contributed by atoms with van der Waals surface area (Å²) in [7, 11) is 0. The third-order valence-electron chi connectivity index (χ3n) is 10.8. The number of rotatable bonds is 14. The highest BCUT2D eigenvalue weighted by Gasteiger charge is 2.41. The molecule has 3 aliphatic rings. The molecule has 3 aliphatic heterocycles. The number of nitrogens with one attached hydrogen (secondary N) is 3. The van der Waals surface area contributed by atoms with Gasteiger partial charge in [-0.3, -0.25) is 0 Å². The van der Waals surface area contributed by atoms with E-state index in [2.05, 4.69) is 102 Å². The Kier molecular flexibility index (Phi) is 12.1. The van der Waals surface area contributed by atoms with E-state index in [1.54, 1.807) is 0 Å². The fourth-order valence-electron chi connectivity index (χ4n) is 8.69. The lowest BCUT2D eigenvalue weighted by Gasteiger charge is -2.49. The number of nitrogens with zero attached hydrogens (tertiary/aromatic N) is 5. The second-order valence-corrected chi connectivity index (χ2v) is 17.6. The summed E-state index contributed by atoms with van der Waals surface area (Å²) in [5.74, 6) is 2.64. The molecular formula is C37H70N8O. The molecule has 9 nitrogen and oxygen atoms in total. The van der Waals surface area contributed by atoms with Crippen LogP contribution in [0.3, 0.4) is 0 Å². The zero-order chi connectivity index (χ0) is 33.8. The molecule has 4 heterocycles. The maximum atomic E-state index is 5.69. The third kappa shape index (κ3) is 10.2. The van der Waals surface area contributed by atoms with E-state index in [-0.39, 0.29) is 27.6 Å². The van der Waals surface area contributed by atoms with Gasteiger partial charge in [0.15, 0.2) is 0 Å². The minimum Gasteiger partial charge on any atom is -0.378 e. The van der Waals surface area contributed by atoms with Crippen molar-refractivity contribution in [2.75, 3.05) is 49.2 Å². The molecule has 0 spiro atoms. The molecular weight excluding hydrogens is 572 g/mol. The van der Waals surface area contributed by atoms with Crippen molar-refractivity contribution >= 4 is 11.9 Å². The van der Waals surface area contributed by atoms with Crippen molar-refractivity contribution in [1.82, 2.24) is 30.9 Å². The van der Waals surface area contributed by atoms with Crippen molar-refractivity contribution < 1.29 is 4.74 Å². The van der Waals surface area contributed by atoms with Crippen LogP contribution in [-0.4, -0.2) is 88.6 Å². The topological polar surface area (TPSA) is 90.5 Å². The van der Waals surface area contributed by atoms with Crippen molar-refractivity contribution in [3.05, 3.63) is 5.82 Å². The molecule has 4 rings (SSSR count). The zero-order valence-electron chi connectivity index (χ0n) is 31.6. The molecule has 3 saturated heterocycles. The molecule has 0 radical (unpaired) electrons. The molecule has 0 amide bonds. The van der Waals surface area contributed by atoms with Gasteiger partial charge >= 0.3 is 0 Å². The maximum absolute atomic E-state index is 5.69. The molecule has 264 valence electrons. The van der Waals surface area contributed by atoms with Gasteiger partial charge in [0.05, 0.1) is 13.2 Å². The SMILES string of the molecule is CCC(C)(CC)c1nc(N2CCOCC2)nc(N(CCCCCCNC2CC(C)(C)NC(C)(C)C2)C2CC(C)(C)NC(C)(C)C2)n1. The Labute approximate surface area is 282 Å². The first-order valence-corrected chi connectivity index (χ1v) is 18.6. The number of hydrogen-bond acceptors (Lipinski definition) is 9. The number of morpholine rings is 1. The van der Waals surface area contributed by atoms with E-state index in [0.29, 0.717) is 12.1 Å². The van der Waals surface area contributed by atoms with Crippen molar-refractivity contribution in [1.29, 1.82) is 0 Å². The molecule has 0 atom stereocenters. The largest absolute Gasteiger partial charge is 0.378 e. The van der Waals surface area contributed by atoms with E-state index in [4.69, 9.17) is 19.7 Å². The van der Waals surface area contributed by atoms with Gasteiger partial charge in [0.1, 0.15) is 5.82 Å². The van der Waals surface area contributed by atoms with E-state index >= 15 is 0 Å². The highest BCUT2D eigenvalue weighted by molar-refractivity contribution is 5.42. The Hall–Kier alpha value is -1.55. The van der Waals surface area contributed by atoms with E-state index in [0.717, 1.165) is 89.2 Å². The van der Waals surface area contributed by atoms with E-state index in [1.165, 1.54) is 32.1 Å². The summed E-state index contributed by atoms with van der Waals surface area (Å²) in [6, 6.07) is 0.950. The number of piperidine rings is 2. The van der Waals surface area contributed by atoms with E-state index in [9.17, 15) is 0 Å². The molecule has 46 heavy (non-hydrogen) atoms. The quantitative estimate of drug-likeness (QED) is 0.201. The molecule has 0 saturated carbocycles. The summed E-state index contributed by atoms with van der Waals surface area (Å²) in [5, 5.41) is 11.6. The first kappa shape index (κ1) is 37.3. The Morgan fingerprint density at radius 1 is 0.783 bits per heavy atom. The van der Waals surface area contributed by atoms with Crippen LogP contribution in [0, 0.1) is 0 Å². The summed E-state index contributed by atoms with van der Waals surface area (Å²) in [6.45, 7) is 30.7. The molecule has 0 unspecified atom stereocenters. The van der Waals surface area contributed by atoms with E-state index < -0.39 is 0 Å². The predicted molar refractivity (Wildman–Crippen MR) is 193 cm³/mol. The molecule has 0 aromatic carbocycles. The van der Waals surface area contributed by atoms with Crippen LogP contribution < -0.4 is 25.8 Å². The van der Waals surface area contributed by atoms with Gasteiger partial charge in [-0.15, -0.1) is 0 Å². The molecule has 0 aliphatic carbocycles. The van der Waals surface area contributed by atoms with Crippen LogP contribution in [0.15, 0.2) is 0 Å². The summed E-state index contributed by atoms with van der Waals surface area (Å²) in [6.07, 6.45) is 11.3. The van der Waals surface area contributed by atoms with Gasteiger partial charge in [-0.2, -0.15) is 15.0 Å². The first-order valence-electron chi connectivity index (χ1n) is 18.6. The minimum absolute atomic E-state index is 0.0400. The summed E-state index contributed by atoms with van der Waals surface area (Å²) in [4.78, 5) is 20.6. The molecule has 1 aromatic rings. The Morgan fingerprint density at radius 2 is 1.33 bits per heavy atom. The van der Waals surface area contributed by atoms with Gasteiger partial charge in [0, 0.05) is 59.3 Å². The minimum atomic E-state index is -0.0805. The summed E-state index contributed by atoms with van der Waals surface area (Å²) < 4.78 is 5.69. The monoisotopic (exact) mass is 643 g/mol. The average molecular weight is 643 g/mol. The second-order valence-electron chi connectivity index (χ2n) is 17.6. The highest BCUT2D eigenvalue weighted by atomic mass is 16.5. The van der Waals surface area contributed by atoms with Gasteiger partial charge in [-0.1, -0.05) is 33.6 Å². The molecule has 0 bridgehead atoms. The maximum Gasteiger partial charge on any atom is 0.230 e. The van der Waals surface area contributed by atoms with Crippen molar-refractivity contribution in [3.8, 4) is 0 Å². The lowest BCUT2D eigenvalue weighted by Crippen LogP contribution is -2.62. The van der Waals surface area contributed by atoms with Crippen molar-refractivity contribution in [3.63, 3.8) is 0 Å². The van der Waals surface area contributed by atoms with Crippen molar-refractivity contribution in [2.24, 2.45) is 0 Å². The van der Waals surface area contributed by atoms with Gasteiger partial charge in [-0.25, -0.2) is 0 Å². The molecule has 3 fully saturated rings. The smallest absolute Gasteiger partial charge is 0.230 e. The number of hydrogen-bond donors (Lipinski definition) is 3. The van der Waals surface area contributed by atoms with Crippen LogP contribution in [0.5, 0.6) is 0 Å². The summed E-state index contributed by atoms with van der Waals surface area (Å²) in [5.41, 5.74) is 0.366. The van der Waals surface area contributed by atoms with Crippen LogP contribution in [-0.2, 0) is 10.2 Å². The number of ether oxygens (including phenoxy) is 1.